The number of hydrogen-bond acceptors (Lipinski definition) is 8. The van der Waals surface area contributed by atoms with Gasteiger partial charge in [-0.1, -0.05) is 0 Å². The fraction of sp³-hybridized carbons (Fsp3) is 0.550. The Morgan fingerprint density at radius 3 is 2.68 bits per heavy atom. The number of nitrogens with zero attached hydrogens (tertiary/aromatic N) is 5. The second-order valence-corrected chi connectivity index (χ2v) is 8.07. The average Bonchev–Trinajstić information content (AvgIpc) is 3.22. The smallest absolute Gasteiger partial charge is 0.387 e. The topological polar surface area (TPSA) is 89.6 Å². The normalized spacial score (nSPS) is 25.5. The molecule has 0 aromatic carbocycles. The number of morpholine rings is 1. The summed E-state index contributed by atoms with van der Waals surface area (Å²) in [6.45, 7) is -0.945. The van der Waals surface area contributed by atoms with Crippen molar-refractivity contribution in [2.24, 2.45) is 0 Å². The van der Waals surface area contributed by atoms with Gasteiger partial charge in [-0.05, 0) is 25.3 Å². The van der Waals surface area contributed by atoms with Gasteiger partial charge in [0.05, 0.1) is 31.0 Å². The molecule has 166 valence electrons. The van der Waals surface area contributed by atoms with Crippen LogP contribution in [0.5, 0.6) is 5.75 Å². The highest BCUT2D eigenvalue weighted by Crippen LogP contribution is 2.35. The van der Waals surface area contributed by atoms with Crippen LogP contribution >= 0.6 is 0 Å². The number of aromatic nitrogens is 3. The monoisotopic (exact) mass is 436 g/mol. The predicted octanol–water partition coefficient (Wildman–Crippen LogP) is 2.64. The van der Waals surface area contributed by atoms with E-state index in [1.165, 1.54) is 12.3 Å². The number of hydrogen-bond donors (Lipinski definition) is 1. The SMILES string of the molecule is Nc1ncc(-c2cc(N3C[C@@H]4CC[C@H]3CO4)nc(N3CCC(F)C3)n2)cc1OC(F)F. The number of alkyl halides is 3. The van der Waals surface area contributed by atoms with Crippen molar-refractivity contribution in [1.29, 1.82) is 0 Å². The zero-order valence-corrected chi connectivity index (χ0v) is 16.8. The standard InChI is InChI=1S/C20H23F3N6O2/c21-12-3-4-28(8-12)20-26-15(11-5-16(31-19(22)23)18(24)25-7-11)6-17(27-20)29-9-14-2-1-13(29)10-30-14/h5-7,12-14,19H,1-4,8-10H2,(H2,24,25)/t12?,13-,14-/m0/s1. The van der Waals surface area contributed by atoms with Crippen molar-refractivity contribution in [2.75, 3.05) is 41.8 Å². The Morgan fingerprint density at radius 2 is 2.03 bits per heavy atom. The van der Waals surface area contributed by atoms with Gasteiger partial charge in [0.25, 0.3) is 0 Å². The molecule has 8 nitrogen and oxygen atoms in total. The Labute approximate surface area is 177 Å². The summed E-state index contributed by atoms with van der Waals surface area (Å²) in [6.07, 6.45) is 3.11. The molecule has 2 aromatic rings. The van der Waals surface area contributed by atoms with Crippen molar-refractivity contribution in [3.63, 3.8) is 0 Å². The highest BCUT2D eigenvalue weighted by Gasteiger charge is 2.36. The molecule has 0 spiro atoms. The van der Waals surface area contributed by atoms with Crippen molar-refractivity contribution in [1.82, 2.24) is 15.0 Å². The number of anilines is 3. The van der Waals surface area contributed by atoms with Crippen molar-refractivity contribution >= 4 is 17.6 Å². The van der Waals surface area contributed by atoms with E-state index in [1.807, 2.05) is 0 Å². The number of pyridine rings is 1. The molecular weight excluding hydrogens is 413 g/mol. The van der Waals surface area contributed by atoms with Crippen molar-refractivity contribution in [3.8, 4) is 17.0 Å². The summed E-state index contributed by atoms with van der Waals surface area (Å²) in [7, 11) is 0. The van der Waals surface area contributed by atoms with E-state index in [9.17, 15) is 13.2 Å². The number of ether oxygens (including phenoxy) is 2. The molecule has 31 heavy (non-hydrogen) atoms. The molecule has 0 radical (unpaired) electrons. The molecular formula is C20H23F3N6O2. The summed E-state index contributed by atoms with van der Waals surface area (Å²) in [6, 6.07) is 3.39. The van der Waals surface area contributed by atoms with Gasteiger partial charge in [0, 0.05) is 30.9 Å². The molecule has 2 aromatic heterocycles. The number of piperidine rings is 1. The Hall–Kier alpha value is -2.82. The van der Waals surface area contributed by atoms with Gasteiger partial charge >= 0.3 is 6.61 Å². The molecule has 4 saturated heterocycles. The summed E-state index contributed by atoms with van der Waals surface area (Å²) >= 11 is 0. The van der Waals surface area contributed by atoms with Gasteiger partial charge in [-0.2, -0.15) is 13.8 Å². The first-order chi connectivity index (χ1) is 15.0. The van der Waals surface area contributed by atoms with Gasteiger partial charge in [0.1, 0.15) is 12.0 Å². The second kappa shape index (κ2) is 8.03. The molecule has 0 amide bonds. The quantitative estimate of drug-likeness (QED) is 0.765. The zero-order chi connectivity index (χ0) is 21.5. The van der Waals surface area contributed by atoms with Crippen molar-refractivity contribution in [2.45, 2.75) is 44.2 Å². The minimum absolute atomic E-state index is 0.135. The first-order valence-electron chi connectivity index (χ1n) is 10.3. The molecule has 1 unspecified atom stereocenters. The zero-order valence-electron chi connectivity index (χ0n) is 16.8. The van der Waals surface area contributed by atoms with Crippen molar-refractivity contribution < 1.29 is 22.6 Å². The largest absolute Gasteiger partial charge is 0.431 e. The van der Waals surface area contributed by atoms with Crippen LogP contribution in [-0.4, -0.2) is 66.1 Å². The number of nitrogen functional groups attached to an aromatic ring is 1. The van der Waals surface area contributed by atoms with Gasteiger partial charge in [0.2, 0.25) is 5.95 Å². The van der Waals surface area contributed by atoms with Crippen LogP contribution in [0.25, 0.3) is 11.3 Å². The van der Waals surface area contributed by atoms with Gasteiger partial charge < -0.3 is 25.0 Å². The van der Waals surface area contributed by atoms with E-state index in [-0.39, 0.29) is 30.3 Å². The van der Waals surface area contributed by atoms with Gasteiger partial charge in [0.15, 0.2) is 11.6 Å². The molecule has 0 aliphatic carbocycles. The van der Waals surface area contributed by atoms with Crippen molar-refractivity contribution in [3.05, 3.63) is 18.3 Å². The molecule has 6 heterocycles. The van der Waals surface area contributed by atoms with Gasteiger partial charge in [-0.25, -0.2) is 14.4 Å². The summed E-state index contributed by atoms with van der Waals surface area (Å²) in [4.78, 5) is 17.3. The highest BCUT2D eigenvalue weighted by atomic mass is 19.3. The first kappa shape index (κ1) is 20.1. The van der Waals surface area contributed by atoms with E-state index in [0.717, 1.165) is 12.8 Å². The molecule has 3 atom stereocenters. The molecule has 11 heteroatoms. The van der Waals surface area contributed by atoms with E-state index in [1.54, 1.807) is 11.0 Å². The minimum Gasteiger partial charge on any atom is -0.431 e. The van der Waals surface area contributed by atoms with Crippen LogP contribution < -0.4 is 20.3 Å². The molecule has 4 aliphatic rings. The van der Waals surface area contributed by atoms with Crippen LogP contribution in [0.15, 0.2) is 18.3 Å². The van der Waals surface area contributed by atoms with Crippen LogP contribution in [0.2, 0.25) is 0 Å². The molecule has 4 fully saturated rings. The maximum Gasteiger partial charge on any atom is 0.387 e. The van der Waals surface area contributed by atoms with E-state index in [0.29, 0.717) is 49.1 Å². The van der Waals surface area contributed by atoms with Crippen LogP contribution in [0, 0.1) is 0 Å². The molecule has 2 N–H and O–H groups in total. The fourth-order valence-electron chi connectivity index (χ4n) is 4.37. The average molecular weight is 436 g/mol. The third-order valence-electron chi connectivity index (χ3n) is 5.99. The maximum atomic E-state index is 13.8. The van der Waals surface area contributed by atoms with Crippen LogP contribution in [0.3, 0.4) is 0 Å². The number of halogens is 3. The van der Waals surface area contributed by atoms with E-state index in [2.05, 4.69) is 19.6 Å². The predicted molar refractivity (Wildman–Crippen MR) is 108 cm³/mol. The fourth-order valence-corrected chi connectivity index (χ4v) is 4.37. The molecule has 6 rings (SSSR count). The maximum absolute atomic E-state index is 13.8. The Morgan fingerprint density at radius 1 is 1.16 bits per heavy atom. The lowest BCUT2D eigenvalue weighted by Gasteiger charge is -2.45. The number of nitrogens with two attached hydrogens (primary N) is 1. The number of fused-ring (bicyclic) bond motifs is 3. The number of rotatable bonds is 5. The summed E-state index contributed by atoms with van der Waals surface area (Å²) in [5.74, 6) is 0.755. The lowest BCUT2D eigenvalue weighted by molar-refractivity contribution is -0.0494. The van der Waals surface area contributed by atoms with Gasteiger partial charge in [-0.15, -0.1) is 0 Å². The first-order valence-corrected chi connectivity index (χ1v) is 10.3. The van der Waals surface area contributed by atoms with E-state index >= 15 is 0 Å². The third-order valence-corrected chi connectivity index (χ3v) is 5.99. The Kier molecular flexibility index (Phi) is 5.20. The Balaban J connectivity index is 1.55. The molecule has 4 aliphatic heterocycles. The van der Waals surface area contributed by atoms with Crippen LogP contribution in [-0.2, 0) is 4.74 Å². The third kappa shape index (κ3) is 4.06. The van der Waals surface area contributed by atoms with E-state index < -0.39 is 12.8 Å². The van der Waals surface area contributed by atoms with E-state index in [4.69, 9.17) is 15.5 Å². The molecule has 2 bridgehead atoms. The minimum atomic E-state index is -3.02. The lowest BCUT2D eigenvalue weighted by Crippen LogP contribution is -2.55. The lowest BCUT2D eigenvalue weighted by atomic mass is 9.97. The summed E-state index contributed by atoms with van der Waals surface area (Å²) in [5, 5.41) is 0. The highest BCUT2D eigenvalue weighted by molar-refractivity contribution is 5.68. The molecule has 0 saturated carbocycles. The Bertz CT molecular complexity index is 957. The van der Waals surface area contributed by atoms with Gasteiger partial charge in [-0.3, -0.25) is 0 Å². The summed E-state index contributed by atoms with van der Waals surface area (Å²) in [5.41, 5.74) is 6.62. The van der Waals surface area contributed by atoms with Crippen LogP contribution in [0.4, 0.5) is 30.8 Å². The second-order valence-electron chi connectivity index (χ2n) is 8.07. The van der Waals surface area contributed by atoms with Crippen LogP contribution in [0.1, 0.15) is 19.3 Å². The summed E-state index contributed by atoms with van der Waals surface area (Å²) < 4.78 is 49.6.